The van der Waals surface area contributed by atoms with Gasteiger partial charge in [-0.15, -0.1) is 0 Å². The fourth-order valence-corrected chi connectivity index (χ4v) is 10.8. The summed E-state index contributed by atoms with van der Waals surface area (Å²) in [6, 6.07) is -1.03. The zero-order valence-corrected chi connectivity index (χ0v) is 53.9. The van der Waals surface area contributed by atoms with Gasteiger partial charge in [0.15, 0.2) is 18.9 Å². The second-order valence-corrected chi connectivity index (χ2v) is 23.9. The fraction of sp³-hybridized carbons (Fsp3) is 0.757. The summed E-state index contributed by atoms with van der Waals surface area (Å²) in [5.41, 5.74) is 0. The zero-order valence-electron chi connectivity index (χ0n) is 53.9. The predicted octanol–water partition coefficient (Wildman–Crippen LogP) is 8.49. The molecule has 17 unspecified atom stereocenters. The molecule has 19 nitrogen and oxygen atoms in total. The van der Waals surface area contributed by atoms with Crippen molar-refractivity contribution in [3.8, 4) is 0 Å². The SMILES string of the molecule is CC/C=C\C/C=C\C/C=C\C/C=C\C/C=C\CCCC(=O)NC(COC1OC(CO)C(OC2OC(CO)C(OC3OC(CO)C(O)C(O)C3O)C(O)C2O)C(O)C1O)C(O)/C=C/CC/C=C/CC/C=C/CCCCCCCCCCCCCCCCCCC. The van der Waals surface area contributed by atoms with Crippen molar-refractivity contribution in [2.24, 2.45) is 0 Å². The largest absolute Gasteiger partial charge is 0.394 e. The Balaban J connectivity index is 1.48. The summed E-state index contributed by atoms with van der Waals surface area (Å²) < 4.78 is 34.2. The maximum atomic E-state index is 13.3. The van der Waals surface area contributed by atoms with Crippen LogP contribution in [-0.2, 0) is 33.2 Å². The number of hydrogen-bond donors (Lipinski definition) is 12. The van der Waals surface area contributed by atoms with E-state index in [1.807, 2.05) is 18.2 Å². The lowest BCUT2D eigenvalue weighted by Gasteiger charge is -2.48. The van der Waals surface area contributed by atoms with Crippen molar-refractivity contribution in [1.82, 2.24) is 5.32 Å². The number of amides is 1. The topological polar surface area (TPSA) is 307 Å². The van der Waals surface area contributed by atoms with Crippen LogP contribution < -0.4 is 5.32 Å². The lowest BCUT2D eigenvalue weighted by Crippen LogP contribution is -2.66. The molecule has 512 valence electrons. The van der Waals surface area contributed by atoms with Crippen molar-refractivity contribution < 1.29 is 89.4 Å². The van der Waals surface area contributed by atoms with Crippen molar-refractivity contribution in [1.29, 1.82) is 0 Å². The maximum Gasteiger partial charge on any atom is 0.220 e. The Hall–Kier alpha value is -3.29. The molecule has 0 aromatic heterocycles. The highest BCUT2D eigenvalue weighted by atomic mass is 16.8. The minimum absolute atomic E-state index is 0.148. The van der Waals surface area contributed by atoms with Gasteiger partial charge in [-0.25, -0.2) is 0 Å². The summed E-state index contributed by atoms with van der Waals surface area (Å²) in [6.45, 7) is 1.54. The van der Waals surface area contributed by atoms with Gasteiger partial charge in [-0.2, -0.15) is 0 Å². The van der Waals surface area contributed by atoms with E-state index in [0.717, 1.165) is 57.8 Å². The maximum absolute atomic E-state index is 13.3. The molecule has 3 rings (SSSR count). The Morgan fingerprint density at radius 1 is 0.416 bits per heavy atom. The van der Waals surface area contributed by atoms with Gasteiger partial charge in [-0.1, -0.05) is 214 Å². The molecule has 3 heterocycles. The standard InChI is InChI=1S/C70H119NO18/c1-3-5-7-9-11-13-15-17-19-21-22-23-24-25-26-27-28-29-30-32-33-35-37-39-41-43-45-47-54(75)53(71-58(76)48-46-44-42-40-38-36-34-31-20-18-16-14-12-10-8-6-4-2)52-84-68-64(82)61(79)66(56(50-73)86-68)89-70-65(83)62(80)67(57(51-74)87-70)88-69-63(81)60(78)59(77)55(49-72)85-69/h6,8,12,14,18,20,30,32,34,36-37,39-40,42,45,47,53-57,59-70,72-75,77-83H,3-5,7,9-11,13,15-17,19,21-29,31,33,35,38,41,43-44,46,48-52H2,1-2H3,(H,71,76)/b8-6-,14-12-,20-18-,32-30+,36-34-,39-37+,42-40-,47-45+. The molecule has 17 atom stereocenters. The average Bonchev–Trinajstić information content (AvgIpc) is 2.22. The van der Waals surface area contributed by atoms with Crippen molar-refractivity contribution in [3.63, 3.8) is 0 Å². The van der Waals surface area contributed by atoms with Gasteiger partial charge in [-0.3, -0.25) is 4.79 Å². The second kappa shape index (κ2) is 51.2. The van der Waals surface area contributed by atoms with Crippen molar-refractivity contribution in [3.05, 3.63) is 97.2 Å². The Morgan fingerprint density at radius 2 is 0.787 bits per heavy atom. The van der Waals surface area contributed by atoms with E-state index in [-0.39, 0.29) is 12.3 Å². The summed E-state index contributed by atoms with van der Waals surface area (Å²) in [6.07, 6.45) is 39.8. The van der Waals surface area contributed by atoms with Crippen LogP contribution in [0.15, 0.2) is 97.2 Å². The molecule has 0 aromatic carbocycles. The Labute approximate surface area is 533 Å². The first-order valence-corrected chi connectivity index (χ1v) is 34.0. The number of carbonyl (C=O) groups excluding carboxylic acids is 1. The molecule has 89 heavy (non-hydrogen) atoms. The number of ether oxygens (including phenoxy) is 6. The summed E-state index contributed by atoms with van der Waals surface area (Å²) in [7, 11) is 0. The number of nitrogens with one attached hydrogen (secondary N) is 1. The molecule has 3 saturated heterocycles. The molecule has 12 N–H and O–H groups in total. The van der Waals surface area contributed by atoms with E-state index in [0.29, 0.717) is 19.3 Å². The van der Waals surface area contributed by atoms with E-state index in [1.54, 1.807) is 6.08 Å². The van der Waals surface area contributed by atoms with E-state index in [4.69, 9.17) is 28.4 Å². The molecule has 0 aliphatic carbocycles. The highest BCUT2D eigenvalue weighted by molar-refractivity contribution is 5.76. The first-order valence-electron chi connectivity index (χ1n) is 34.0. The third-order valence-electron chi connectivity index (χ3n) is 16.3. The normalized spacial score (nSPS) is 28.8. The highest BCUT2D eigenvalue weighted by Crippen LogP contribution is 2.33. The summed E-state index contributed by atoms with van der Waals surface area (Å²) >= 11 is 0. The Bertz CT molecular complexity index is 1990. The molecule has 3 fully saturated rings. The molecule has 0 spiro atoms. The monoisotopic (exact) mass is 1260 g/mol. The molecule has 0 radical (unpaired) electrons. The molecule has 19 heteroatoms. The van der Waals surface area contributed by atoms with Crippen molar-refractivity contribution >= 4 is 5.91 Å². The first-order chi connectivity index (χ1) is 43.3. The number of carbonyl (C=O) groups is 1. The number of aliphatic hydroxyl groups is 11. The number of allylic oxidation sites excluding steroid dienone is 15. The summed E-state index contributed by atoms with van der Waals surface area (Å²) in [5.74, 6) is -0.349. The lowest BCUT2D eigenvalue weighted by atomic mass is 9.96. The molecule has 3 aliphatic rings. The van der Waals surface area contributed by atoms with Crippen LogP contribution in [0.25, 0.3) is 0 Å². The minimum atomic E-state index is -1.99. The van der Waals surface area contributed by atoms with Crippen LogP contribution in [0.5, 0.6) is 0 Å². The third kappa shape index (κ3) is 33.4. The van der Waals surface area contributed by atoms with E-state index in [2.05, 4.69) is 92.1 Å². The van der Waals surface area contributed by atoms with Gasteiger partial charge in [0.25, 0.3) is 0 Å². The Kier molecular flexibility index (Phi) is 46.0. The molecule has 0 bridgehead atoms. The van der Waals surface area contributed by atoms with Crippen LogP contribution in [-0.4, -0.2) is 193 Å². The smallest absolute Gasteiger partial charge is 0.220 e. The summed E-state index contributed by atoms with van der Waals surface area (Å²) in [5, 5.41) is 120. The molecule has 0 saturated carbocycles. The number of unbranched alkanes of at least 4 members (excludes halogenated alkanes) is 20. The molecular weight excluding hydrogens is 1140 g/mol. The van der Waals surface area contributed by atoms with Crippen LogP contribution in [0.2, 0.25) is 0 Å². The van der Waals surface area contributed by atoms with Gasteiger partial charge in [0, 0.05) is 6.42 Å². The van der Waals surface area contributed by atoms with E-state index in [9.17, 15) is 61.0 Å². The molecule has 3 aliphatic heterocycles. The zero-order chi connectivity index (χ0) is 64.7. The first kappa shape index (κ1) is 79.9. The minimum Gasteiger partial charge on any atom is -0.394 e. The highest BCUT2D eigenvalue weighted by Gasteiger charge is 2.53. The fourth-order valence-electron chi connectivity index (χ4n) is 10.8. The van der Waals surface area contributed by atoms with Crippen molar-refractivity contribution in [2.45, 2.75) is 311 Å². The molecular formula is C70H119NO18. The second-order valence-electron chi connectivity index (χ2n) is 23.9. The van der Waals surface area contributed by atoms with Crippen LogP contribution in [0, 0.1) is 0 Å². The van der Waals surface area contributed by atoms with Crippen molar-refractivity contribution in [2.75, 3.05) is 26.4 Å². The van der Waals surface area contributed by atoms with Gasteiger partial charge < -0.3 is 89.9 Å². The van der Waals surface area contributed by atoms with E-state index < -0.39 is 131 Å². The van der Waals surface area contributed by atoms with E-state index in [1.165, 1.54) is 109 Å². The summed E-state index contributed by atoms with van der Waals surface area (Å²) in [4.78, 5) is 13.3. The van der Waals surface area contributed by atoms with Gasteiger partial charge >= 0.3 is 0 Å². The Morgan fingerprint density at radius 3 is 1.26 bits per heavy atom. The van der Waals surface area contributed by atoms with Gasteiger partial charge in [0.1, 0.15) is 73.2 Å². The number of hydrogen-bond acceptors (Lipinski definition) is 18. The average molecular weight is 1260 g/mol. The quantitative estimate of drug-likeness (QED) is 0.0201. The van der Waals surface area contributed by atoms with Gasteiger partial charge in [0.05, 0.1) is 38.6 Å². The number of rotatable bonds is 50. The lowest BCUT2D eigenvalue weighted by molar-refractivity contribution is -0.379. The van der Waals surface area contributed by atoms with Crippen LogP contribution >= 0.6 is 0 Å². The number of aliphatic hydroxyl groups excluding tert-OH is 11. The van der Waals surface area contributed by atoms with Crippen LogP contribution in [0.1, 0.15) is 206 Å². The molecule has 0 aromatic rings. The van der Waals surface area contributed by atoms with Gasteiger partial charge in [-0.05, 0) is 83.5 Å². The molecule has 1 amide bonds. The van der Waals surface area contributed by atoms with Gasteiger partial charge in [0.2, 0.25) is 5.91 Å². The third-order valence-corrected chi connectivity index (χ3v) is 16.3. The van der Waals surface area contributed by atoms with Crippen LogP contribution in [0.3, 0.4) is 0 Å². The predicted molar refractivity (Wildman–Crippen MR) is 346 cm³/mol. The van der Waals surface area contributed by atoms with Crippen LogP contribution in [0.4, 0.5) is 0 Å². The van der Waals surface area contributed by atoms with E-state index >= 15 is 0 Å².